The van der Waals surface area contributed by atoms with Crippen LogP contribution in [0, 0.1) is 0 Å². The normalized spacial score (nSPS) is 11.5. The average Bonchev–Trinajstić information content (AvgIpc) is 3.02. The smallest absolute Gasteiger partial charge is 0.0981 e. The van der Waals surface area contributed by atoms with Crippen LogP contribution >= 0.6 is 11.6 Å². The summed E-state index contributed by atoms with van der Waals surface area (Å²) in [7, 11) is 0. The number of benzene rings is 2. The summed E-state index contributed by atoms with van der Waals surface area (Å²) in [6, 6.07) is 13.5. The van der Waals surface area contributed by atoms with E-state index < -0.39 is 0 Å². The molecule has 2 aromatic heterocycles. The van der Waals surface area contributed by atoms with Gasteiger partial charge in [-0.15, -0.1) is 0 Å². The second kappa shape index (κ2) is 5.74. The number of furan rings is 1. The minimum Gasteiger partial charge on any atom is -0.471 e. The minimum absolute atomic E-state index is 0.666. The third-order valence-corrected chi connectivity index (χ3v) is 3.84. The fourth-order valence-corrected chi connectivity index (χ4v) is 2.62. The second-order valence-corrected chi connectivity index (χ2v) is 5.59. The number of halogens is 1. The van der Waals surface area contributed by atoms with Crippen molar-refractivity contribution in [1.29, 1.82) is 0 Å². The molecule has 5 heteroatoms. The lowest BCUT2D eigenvalue weighted by molar-refractivity contribution is 0.572. The van der Waals surface area contributed by atoms with Crippen LogP contribution < -0.4 is 5.43 Å². The Labute approximate surface area is 137 Å². The third-order valence-electron chi connectivity index (χ3n) is 3.60. The molecular formula is C18H12ClN3O. The predicted octanol–water partition coefficient (Wildman–Crippen LogP) is 5.08. The largest absolute Gasteiger partial charge is 0.471 e. The van der Waals surface area contributed by atoms with Gasteiger partial charge in [-0.3, -0.25) is 10.4 Å². The lowest BCUT2D eigenvalue weighted by Crippen LogP contribution is -1.92. The van der Waals surface area contributed by atoms with Crippen molar-refractivity contribution in [3.8, 4) is 0 Å². The molecule has 2 aromatic carbocycles. The molecule has 4 rings (SSSR count). The van der Waals surface area contributed by atoms with Gasteiger partial charge in [-0.1, -0.05) is 23.7 Å². The number of hydrogen-bond acceptors (Lipinski definition) is 4. The average molecular weight is 322 g/mol. The SMILES string of the molecule is Clc1ccc2c(NN=Cc3ccc4cocc4c3)ccnc2c1. The molecule has 1 N–H and O–H groups in total. The number of hydrogen-bond donors (Lipinski definition) is 1. The number of nitrogens with zero attached hydrogens (tertiary/aromatic N) is 2. The Balaban J connectivity index is 1.60. The first-order valence-corrected chi connectivity index (χ1v) is 7.47. The van der Waals surface area contributed by atoms with Gasteiger partial charge in [0.05, 0.1) is 29.9 Å². The molecule has 23 heavy (non-hydrogen) atoms. The molecule has 4 aromatic rings. The topological polar surface area (TPSA) is 50.4 Å². The fraction of sp³-hybridized carbons (Fsp3) is 0. The Morgan fingerprint density at radius 2 is 1.96 bits per heavy atom. The van der Waals surface area contributed by atoms with Crippen LogP contribution in [0.25, 0.3) is 21.7 Å². The molecule has 0 radical (unpaired) electrons. The summed E-state index contributed by atoms with van der Waals surface area (Å²) in [5, 5.41) is 8.08. The van der Waals surface area contributed by atoms with Crippen molar-refractivity contribution in [1.82, 2.24) is 4.98 Å². The van der Waals surface area contributed by atoms with Gasteiger partial charge in [0, 0.05) is 27.4 Å². The van der Waals surface area contributed by atoms with Gasteiger partial charge in [-0.25, -0.2) is 0 Å². The molecule has 0 saturated heterocycles. The van der Waals surface area contributed by atoms with E-state index in [1.807, 2.05) is 42.5 Å². The standard InChI is InChI=1S/C18H12ClN3O/c19-15-3-4-16-17(5-6-20-18(16)8-15)22-21-9-12-1-2-13-10-23-11-14(13)7-12/h1-11H,(H,20,22). The van der Waals surface area contributed by atoms with Gasteiger partial charge in [0.2, 0.25) is 0 Å². The number of hydrazone groups is 1. The van der Waals surface area contributed by atoms with E-state index in [0.717, 1.165) is 32.9 Å². The van der Waals surface area contributed by atoms with E-state index >= 15 is 0 Å². The maximum atomic E-state index is 6.00. The molecule has 0 spiro atoms. The van der Waals surface area contributed by atoms with Gasteiger partial charge >= 0.3 is 0 Å². The van der Waals surface area contributed by atoms with Crippen molar-refractivity contribution >= 4 is 45.2 Å². The van der Waals surface area contributed by atoms with Crippen LogP contribution in [0.2, 0.25) is 5.02 Å². The summed E-state index contributed by atoms with van der Waals surface area (Å²) in [6.45, 7) is 0. The Kier molecular flexibility index (Phi) is 3.44. The van der Waals surface area contributed by atoms with Gasteiger partial charge in [-0.05, 0) is 35.9 Å². The number of pyridine rings is 1. The summed E-state index contributed by atoms with van der Waals surface area (Å²) in [6.07, 6.45) is 6.95. The lowest BCUT2D eigenvalue weighted by Gasteiger charge is -2.05. The maximum absolute atomic E-state index is 6.00. The van der Waals surface area contributed by atoms with Crippen molar-refractivity contribution in [3.05, 3.63) is 71.8 Å². The fourth-order valence-electron chi connectivity index (χ4n) is 2.46. The molecule has 112 valence electrons. The van der Waals surface area contributed by atoms with Crippen molar-refractivity contribution in [2.24, 2.45) is 5.10 Å². The van der Waals surface area contributed by atoms with Gasteiger partial charge in [0.25, 0.3) is 0 Å². The maximum Gasteiger partial charge on any atom is 0.0981 e. The number of nitrogens with one attached hydrogen (secondary N) is 1. The van der Waals surface area contributed by atoms with Crippen molar-refractivity contribution in [3.63, 3.8) is 0 Å². The van der Waals surface area contributed by atoms with Gasteiger partial charge in [-0.2, -0.15) is 5.10 Å². The lowest BCUT2D eigenvalue weighted by atomic mass is 10.1. The number of aromatic nitrogens is 1. The third kappa shape index (κ3) is 2.76. The molecular weight excluding hydrogens is 310 g/mol. The zero-order valence-electron chi connectivity index (χ0n) is 12.0. The highest BCUT2D eigenvalue weighted by atomic mass is 35.5. The Morgan fingerprint density at radius 1 is 1.04 bits per heavy atom. The van der Waals surface area contributed by atoms with Gasteiger partial charge in [0.1, 0.15) is 0 Å². The molecule has 0 atom stereocenters. The van der Waals surface area contributed by atoms with Crippen LogP contribution in [-0.2, 0) is 0 Å². The zero-order valence-corrected chi connectivity index (χ0v) is 12.8. The monoisotopic (exact) mass is 321 g/mol. The first-order chi connectivity index (χ1) is 11.3. The van der Waals surface area contributed by atoms with E-state index in [9.17, 15) is 0 Å². The van der Waals surface area contributed by atoms with E-state index in [1.54, 1.807) is 24.9 Å². The molecule has 0 aliphatic heterocycles. The van der Waals surface area contributed by atoms with Crippen molar-refractivity contribution < 1.29 is 4.42 Å². The van der Waals surface area contributed by atoms with Crippen LogP contribution in [0.15, 0.2) is 70.7 Å². The Bertz CT molecular complexity index is 1020. The van der Waals surface area contributed by atoms with Crippen LogP contribution in [0.3, 0.4) is 0 Å². The molecule has 0 saturated carbocycles. The van der Waals surface area contributed by atoms with E-state index in [2.05, 4.69) is 15.5 Å². The molecule has 4 nitrogen and oxygen atoms in total. The van der Waals surface area contributed by atoms with E-state index in [-0.39, 0.29) is 0 Å². The summed E-state index contributed by atoms with van der Waals surface area (Å²) in [5.41, 5.74) is 5.77. The number of rotatable bonds is 3. The highest BCUT2D eigenvalue weighted by Crippen LogP contribution is 2.24. The van der Waals surface area contributed by atoms with Crippen LogP contribution in [-0.4, -0.2) is 11.2 Å². The van der Waals surface area contributed by atoms with Crippen molar-refractivity contribution in [2.75, 3.05) is 5.43 Å². The van der Waals surface area contributed by atoms with Crippen LogP contribution in [0.4, 0.5) is 5.69 Å². The van der Waals surface area contributed by atoms with E-state index in [0.29, 0.717) is 5.02 Å². The quantitative estimate of drug-likeness (QED) is 0.423. The second-order valence-electron chi connectivity index (χ2n) is 5.15. The summed E-state index contributed by atoms with van der Waals surface area (Å²) >= 11 is 6.00. The molecule has 0 aliphatic rings. The molecule has 0 unspecified atom stereocenters. The van der Waals surface area contributed by atoms with Gasteiger partial charge in [0.15, 0.2) is 0 Å². The van der Waals surface area contributed by atoms with E-state index in [1.165, 1.54) is 0 Å². The van der Waals surface area contributed by atoms with E-state index in [4.69, 9.17) is 16.0 Å². The molecule has 0 bridgehead atoms. The summed E-state index contributed by atoms with van der Waals surface area (Å²) in [5.74, 6) is 0. The molecule has 0 fully saturated rings. The highest BCUT2D eigenvalue weighted by Gasteiger charge is 2.01. The molecule has 2 heterocycles. The van der Waals surface area contributed by atoms with Crippen LogP contribution in [0.1, 0.15) is 5.56 Å². The Morgan fingerprint density at radius 3 is 2.91 bits per heavy atom. The Hall–Kier alpha value is -2.85. The van der Waals surface area contributed by atoms with Gasteiger partial charge < -0.3 is 4.42 Å². The predicted molar refractivity (Wildman–Crippen MR) is 94.2 cm³/mol. The first-order valence-electron chi connectivity index (χ1n) is 7.09. The van der Waals surface area contributed by atoms with Crippen molar-refractivity contribution in [2.45, 2.75) is 0 Å². The number of fused-ring (bicyclic) bond motifs is 2. The highest BCUT2D eigenvalue weighted by molar-refractivity contribution is 6.31. The first kappa shape index (κ1) is 13.8. The number of anilines is 1. The van der Waals surface area contributed by atoms with Crippen LogP contribution in [0.5, 0.6) is 0 Å². The minimum atomic E-state index is 0.666. The zero-order chi connectivity index (χ0) is 15.6. The summed E-state index contributed by atoms with van der Waals surface area (Å²) in [4.78, 5) is 4.31. The summed E-state index contributed by atoms with van der Waals surface area (Å²) < 4.78 is 5.17. The molecule has 0 amide bonds. The molecule has 0 aliphatic carbocycles.